The van der Waals surface area contributed by atoms with E-state index in [0.29, 0.717) is 41.5 Å². The minimum absolute atomic E-state index is 0.00985. The Kier molecular flexibility index (Phi) is 5.54. The lowest BCUT2D eigenvalue weighted by atomic mass is 9.69. The van der Waals surface area contributed by atoms with Crippen molar-refractivity contribution in [1.29, 1.82) is 0 Å². The maximum absolute atomic E-state index is 14.3. The maximum Gasteiger partial charge on any atom is 0.275 e. The number of amides is 2. The number of rotatable bonds is 3. The van der Waals surface area contributed by atoms with Crippen LogP contribution in [0, 0.1) is 5.41 Å². The van der Waals surface area contributed by atoms with Gasteiger partial charge in [-0.15, -0.1) is 0 Å². The molecule has 0 aliphatic carbocycles. The van der Waals surface area contributed by atoms with Crippen LogP contribution in [-0.4, -0.2) is 63.0 Å². The summed E-state index contributed by atoms with van der Waals surface area (Å²) < 4.78 is 30.2. The highest BCUT2D eigenvalue weighted by Gasteiger charge is 2.49. The molecular formula is C25H27ClF2N4O2. The summed E-state index contributed by atoms with van der Waals surface area (Å²) in [6.45, 7) is 7.46. The second kappa shape index (κ2) is 8.18. The number of aromatic nitrogens is 2. The van der Waals surface area contributed by atoms with E-state index in [1.165, 1.54) is 6.08 Å². The first-order chi connectivity index (χ1) is 16.1. The molecule has 0 bridgehead atoms. The number of nitrogens with zero attached hydrogens (tertiary/aromatic N) is 4. The van der Waals surface area contributed by atoms with Crippen molar-refractivity contribution in [3.8, 4) is 11.1 Å². The number of hydrogen-bond donors (Lipinski definition) is 0. The number of likely N-dealkylation sites (tertiary alicyclic amines) is 2. The SMILES string of the molecule is C=CC(=O)N1CC2(CCN(C(=O)c3nn4c(c3-c3ccccc3Cl)CC(F)(F)CC4)[C@@H](C)C2)C1. The van der Waals surface area contributed by atoms with E-state index in [9.17, 15) is 18.4 Å². The van der Waals surface area contributed by atoms with Crippen molar-refractivity contribution in [2.45, 2.75) is 51.1 Å². The molecule has 1 aromatic heterocycles. The van der Waals surface area contributed by atoms with E-state index >= 15 is 0 Å². The normalized spacial score (nSPS) is 22.8. The highest BCUT2D eigenvalue weighted by molar-refractivity contribution is 6.33. The number of carbonyl (C=O) groups is 2. The molecule has 4 heterocycles. The molecule has 1 spiro atoms. The fraction of sp³-hybridized carbons (Fsp3) is 0.480. The molecule has 1 aromatic carbocycles. The summed E-state index contributed by atoms with van der Waals surface area (Å²) in [6.07, 6.45) is 2.10. The number of hydrogen-bond acceptors (Lipinski definition) is 3. The molecule has 0 saturated carbocycles. The molecule has 1 atom stereocenters. The Morgan fingerprint density at radius 1 is 1.21 bits per heavy atom. The van der Waals surface area contributed by atoms with E-state index in [2.05, 4.69) is 11.7 Å². The van der Waals surface area contributed by atoms with Gasteiger partial charge in [0.1, 0.15) is 0 Å². The van der Waals surface area contributed by atoms with E-state index in [1.54, 1.807) is 38.7 Å². The molecule has 0 unspecified atom stereocenters. The van der Waals surface area contributed by atoms with Crippen LogP contribution in [0.1, 0.15) is 42.4 Å². The molecule has 5 rings (SSSR count). The van der Waals surface area contributed by atoms with Gasteiger partial charge in [0, 0.05) is 60.2 Å². The lowest BCUT2D eigenvalue weighted by molar-refractivity contribution is -0.142. The van der Waals surface area contributed by atoms with Gasteiger partial charge in [0.05, 0.1) is 12.1 Å². The van der Waals surface area contributed by atoms with Gasteiger partial charge >= 0.3 is 0 Å². The Labute approximate surface area is 202 Å². The second-order valence-corrected chi connectivity index (χ2v) is 10.3. The predicted octanol–water partition coefficient (Wildman–Crippen LogP) is 4.42. The molecule has 0 N–H and O–H groups in total. The Hall–Kier alpha value is -2.74. The van der Waals surface area contributed by atoms with E-state index in [-0.39, 0.29) is 41.9 Å². The second-order valence-electron chi connectivity index (χ2n) is 9.86. The third-order valence-corrected chi connectivity index (χ3v) is 7.79. The number of aryl methyl sites for hydroxylation is 1. The Morgan fingerprint density at radius 2 is 1.94 bits per heavy atom. The van der Waals surface area contributed by atoms with Crippen molar-refractivity contribution in [2.24, 2.45) is 5.41 Å². The Bertz CT molecular complexity index is 1170. The summed E-state index contributed by atoms with van der Waals surface area (Å²) in [7, 11) is 0. The highest BCUT2D eigenvalue weighted by atomic mass is 35.5. The zero-order valence-electron chi connectivity index (χ0n) is 19.1. The number of benzene rings is 1. The number of halogens is 3. The average Bonchev–Trinajstić information content (AvgIpc) is 3.14. The maximum atomic E-state index is 14.3. The van der Waals surface area contributed by atoms with Crippen LogP contribution in [0.5, 0.6) is 0 Å². The van der Waals surface area contributed by atoms with Crippen molar-refractivity contribution in [1.82, 2.24) is 19.6 Å². The molecule has 3 aliphatic heterocycles. The smallest absolute Gasteiger partial charge is 0.275 e. The zero-order valence-corrected chi connectivity index (χ0v) is 19.8. The summed E-state index contributed by atoms with van der Waals surface area (Å²) in [5.41, 5.74) is 1.50. The largest absolute Gasteiger partial charge is 0.338 e. The molecule has 2 aromatic rings. The summed E-state index contributed by atoms with van der Waals surface area (Å²) in [4.78, 5) is 29.2. The van der Waals surface area contributed by atoms with Crippen molar-refractivity contribution in [2.75, 3.05) is 19.6 Å². The number of carbonyl (C=O) groups excluding carboxylic acids is 2. The molecule has 34 heavy (non-hydrogen) atoms. The molecule has 2 saturated heterocycles. The van der Waals surface area contributed by atoms with Crippen LogP contribution >= 0.6 is 11.6 Å². The van der Waals surface area contributed by atoms with Crippen molar-refractivity contribution >= 4 is 23.4 Å². The van der Waals surface area contributed by atoms with Crippen LogP contribution in [-0.2, 0) is 17.8 Å². The van der Waals surface area contributed by atoms with Gasteiger partial charge in [-0.25, -0.2) is 8.78 Å². The van der Waals surface area contributed by atoms with Crippen LogP contribution < -0.4 is 0 Å². The molecule has 180 valence electrons. The minimum Gasteiger partial charge on any atom is -0.338 e. The average molecular weight is 489 g/mol. The third-order valence-electron chi connectivity index (χ3n) is 7.46. The topological polar surface area (TPSA) is 58.4 Å². The molecular weight excluding hydrogens is 462 g/mol. The number of alkyl halides is 2. The first-order valence-corrected chi connectivity index (χ1v) is 12.0. The van der Waals surface area contributed by atoms with Gasteiger partial charge in [-0.1, -0.05) is 36.4 Å². The van der Waals surface area contributed by atoms with Crippen molar-refractivity contribution in [3.63, 3.8) is 0 Å². The van der Waals surface area contributed by atoms with E-state index in [1.807, 2.05) is 6.92 Å². The Balaban J connectivity index is 1.45. The number of piperidine rings is 1. The predicted molar refractivity (Wildman–Crippen MR) is 125 cm³/mol. The molecule has 2 fully saturated rings. The fourth-order valence-corrected chi connectivity index (χ4v) is 5.98. The molecule has 9 heteroatoms. The fourth-order valence-electron chi connectivity index (χ4n) is 5.75. The third kappa shape index (κ3) is 3.82. The van der Waals surface area contributed by atoms with Gasteiger partial charge in [0.2, 0.25) is 5.91 Å². The summed E-state index contributed by atoms with van der Waals surface area (Å²) in [5.74, 6) is -3.18. The molecule has 0 radical (unpaired) electrons. The van der Waals surface area contributed by atoms with Crippen LogP contribution in [0.4, 0.5) is 8.78 Å². The van der Waals surface area contributed by atoms with Gasteiger partial charge in [-0.3, -0.25) is 14.3 Å². The van der Waals surface area contributed by atoms with Gasteiger partial charge in [-0.2, -0.15) is 5.10 Å². The monoisotopic (exact) mass is 488 g/mol. The van der Waals surface area contributed by atoms with Crippen LogP contribution in [0.15, 0.2) is 36.9 Å². The quantitative estimate of drug-likeness (QED) is 0.601. The van der Waals surface area contributed by atoms with Gasteiger partial charge in [-0.05, 0) is 31.9 Å². The lowest BCUT2D eigenvalue weighted by Crippen LogP contribution is -2.63. The van der Waals surface area contributed by atoms with Crippen LogP contribution in [0.25, 0.3) is 11.1 Å². The van der Waals surface area contributed by atoms with E-state index in [4.69, 9.17) is 11.6 Å². The van der Waals surface area contributed by atoms with E-state index < -0.39 is 12.3 Å². The summed E-state index contributed by atoms with van der Waals surface area (Å²) in [5, 5.41) is 4.93. The van der Waals surface area contributed by atoms with E-state index in [0.717, 1.165) is 12.8 Å². The highest BCUT2D eigenvalue weighted by Crippen LogP contribution is 2.44. The van der Waals surface area contributed by atoms with Crippen LogP contribution in [0.3, 0.4) is 0 Å². The van der Waals surface area contributed by atoms with Crippen molar-refractivity contribution < 1.29 is 18.4 Å². The standard InChI is InChI=1S/C25H27ClF2N4O2/c1-3-20(33)30-14-24(15-30)8-10-31(16(2)12-24)23(34)22-21(17-6-4-5-7-18(17)26)19-13-25(27,28)9-11-32(19)29-22/h3-7,16H,1,8-15H2,2H3/t16-/m0/s1. The first-order valence-electron chi connectivity index (χ1n) is 11.6. The summed E-state index contributed by atoms with van der Waals surface area (Å²) in [6, 6.07) is 6.92. The Morgan fingerprint density at radius 3 is 2.62 bits per heavy atom. The zero-order chi connectivity index (χ0) is 24.3. The van der Waals surface area contributed by atoms with Crippen molar-refractivity contribution in [3.05, 3.63) is 53.3 Å². The summed E-state index contributed by atoms with van der Waals surface area (Å²) >= 11 is 6.45. The first kappa shape index (κ1) is 23.0. The lowest BCUT2D eigenvalue weighted by Gasteiger charge is -2.55. The molecule has 6 nitrogen and oxygen atoms in total. The van der Waals surface area contributed by atoms with Gasteiger partial charge in [0.25, 0.3) is 11.8 Å². The van der Waals surface area contributed by atoms with Crippen LogP contribution in [0.2, 0.25) is 5.02 Å². The van der Waals surface area contributed by atoms with Gasteiger partial charge < -0.3 is 9.80 Å². The molecule has 3 aliphatic rings. The van der Waals surface area contributed by atoms with Gasteiger partial charge in [0.15, 0.2) is 5.69 Å². The molecule has 2 amide bonds. The minimum atomic E-state index is -2.85. The number of fused-ring (bicyclic) bond motifs is 1.